The molecule has 3 N–H and O–H groups in total. The molecule has 1 aromatic heterocycles. The molecule has 0 aliphatic carbocycles. The molecular weight excluding hydrogens is 621 g/mol. The molecule has 3 amide bonds. The summed E-state index contributed by atoms with van der Waals surface area (Å²) in [7, 11) is 3.17. The zero-order valence-corrected chi connectivity index (χ0v) is 26.6. The Hall–Kier alpha value is -5.39. The molecule has 0 saturated carbocycles. The van der Waals surface area contributed by atoms with E-state index in [0.29, 0.717) is 27.7 Å². The minimum absolute atomic E-state index is 0.0528. The normalized spacial score (nSPS) is 11.0. The van der Waals surface area contributed by atoms with Crippen LogP contribution in [-0.2, 0) is 9.59 Å². The molecule has 0 radical (unpaired) electrons. The molecule has 4 aromatic carbocycles. The van der Waals surface area contributed by atoms with Gasteiger partial charge in [0.05, 0.1) is 25.7 Å². The van der Waals surface area contributed by atoms with Crippen LogP contribution in [0.4, 0.5) is 10.8 Å². The SMILES string of the molecule is COc1ccc(-c2csc(NC(=O)CSc3cccc(NC(=O)/C(=C/c4cccc(OC)c4)NC(=O)c4ccccc4)c3)n2)cc1. The number of hydrogen-bond acceptors (Lipinski definition) is 8. The van der Waals surface area contributed by atoms with Crippen molar-refractivity contribution in [3.8, 4) is 22.8 Å². The van der Waals surface area contributed by atoms with Gasteiger partial charge in [-0.2, -0.15) is 0 Å². The van der Waals surface area contributed by atoms with Crippen molar-refractivity contribution >= 4 is 57.7 Å². The van der Waals surface area contributed by atoms with Crippen LogP contribution >= 0.6 is 23.1 Å². The van der Waals surface area contributed by atoms with E-state index in [4.69, 9.17) is 9.47 Å². The Labute approximate surface area is 274 Å². The lowest BCUT2D eigenvalue weighted by Gasteiger charge is -2.12. The van der Waals surface area contributed by atoms with Crippen LogP contribution in [0.3, 0.4) is 0 Å². The smallest absolute Gasteiger partial charge is 0.272 e. The van der Waals surface area contributed by atoms with E-state index in [0.717, 1.165) is 21.9 Å². The Balaban J connectivity index is 1.22. The number of aromatic nitrogens is 1. The molecule has 11 heteroatoms. The number of nitrogens with one attached hydrogen (secondary N) is 3. The summed E-state index contributed by atoms with van der Waals surface area (Å²) < 4.78 is 10.5. The second-order valence-electron chi connectivity index (χ2n) is 9.74. The van der Waals surface area contributed by atoms with Gasteiger partial charge < -0.3 is 25.4 Å². The molecule has 5 aromatic rings. The molecule has 0 bridgehead atoms. The Morgan fingerprint density at radius 2 is 1.59 bits per heavy atom. The molecule has 0 aliphatic heterocycles. The van der Waals surface area contributed by atoms with Gasteiger partial charge in [-0.15, -0.1) is 23.1 Å². The second kappa shape index (κ2) is 15.6. The number of benzene rings is 4. The van der Waals surface area contributed by atoms with Crippen LogP contribution in [0, 0.1) is 0 Å². The van der Waals surface area contributed by atoms with Crippen molar-refractivity contribution in [1.82, 2.24) is 10.3 Å². The zero-order valence-electron chi connectivity index (χ0n) is 25.0. The largest absolute Gasteiger partial charge is 0.497 e. The fourth-order valence-corrected chi connectivity index (χ4v) is 5.72. The van der Waals surface area contributed by atoms with Gasteiger partial charge in [-0.05, 0) is 78.4 Å². The Morgan fingerprint density at radius 1 is 0.826 bits per heavy atom. The average Bonchev–Trinajstić information content (AvgIpc) is 3.56. The number of amides is 3. The molecule has 9 nitrogen and oxygen atoms in total. The molecule has 232 valence electrons. The molecule has 0 unspecified atom stereocenters. The quantitative estimate of drug-likeness (QED) is 0.0986. The molecule has 0 atom stereocenters. The van der Waals surface area contributed by atoms with Crippen molar-refractivity contribution in [3.63, 3.8) is 0 Å². The Kier molecular flexibility index (Phi) is 10.8. The minimum Gasteiger partial charge on any atom is -0.497 e. The first-order valence-corrected chi connectivity index (χ1v) is 15.9. The average molecular weight is 651 g/mol. The number of methoxy groups -OCH3 is 2. The Bertz CT molecular complexity index is 1860. The number of ether oxygens (including phenoxy) is 2. The van der Waals surface area contributed by atoms with Crippen LogP contribution in [0.1, 0.15) is 15.9 Å². The van der Waals surface area contributed by atoms with E-state index >= 15 is 0 Å². The molecular formula is C35H30N4O5S2. The van der Waals surface area contributed by atoms with Gasteiger partial charge in [-0.25, -0.2) is 4.98 Å². The van der Waals surface area contributed by atoms with E-state index in [1.54, 1.807) is 87.0 Å². The second-order valence-corrected chi connectivity index (χ2v) is 11.6. The van der Waals surface area contributed by atoms with E-state index in [1.807, 2.05) is 41.8 Å². The fourth-order valence-electron chi connectivity index (χ4n) is 4.23. The van der Waals surface area contributed by atoms with Gasteiger partial charge in [0, 0.05) is 27.1 Å². The van der Waals surface area contributed by atoms with Crippen LogP contribution in [-0.4, -0.2) is 42.7 Å². The van der Waals surface area contributed by atoms with E-state index in [-0.39, 0.29) is 17.4 Å². The summed E-state index contributed by atoms with van der Waals surface area (Å²) in [6.07, 6.45) is 1.58. The van der Waals surface area contributed by atoms with Crippen molar-refractivity contribution in [2.24, 2.45) is 0 Å². The fraction of sp³-hybridized carbons (Fsp3) is 0.0857. The first-order chi connectivity index (χ1) is 22.4. The van der Waals surface area contributed by atoms with Crippen LogP contribution < -0.4 is 25.4 Å². The lowest BCUT2D eigenvalue weighted by molar-refractivity contribution is -0.114. The van der Waals surface area contributed by atoms with Gasteiger partial charge in [0.25, 0.3) is 11.8 Å². The predicted octanol–water partition coefficient (Wildman–Crippen LogP) is 6.97. The number of thioether (sulfide) groups is 1. The Morgan fingerprint density at radius 3 is 2.35 bits per heavy atom. The maximum Gasteiger partial charge on any atom is 0.272 e. The number of hydrogen-bond donors (Lipinski definition) is 3. The summed E-state index contributed by atoms with van der Waals surface area (Å²) in [5, 5.41) is 10.8. The molecule has 46 heavy (non-hydrogen) atoms. The summed E-state index contributed by atoms with van der Waals surface area (Å²) in [5.74, 6) is 0.378. The van der Waals surface area contributed by atoms with Gasteiger partial charge in [-0.3, -0.25) is 14.4 Å². The highest BCUT2D eigenvalue weighted by Crippen LogP contribution is 2.27. The third-order valence-corrected chi connectivity index (χ3v) is 8.28. The molecule has 0 fully saturated rings. The van der Waals surface area contributed by atoms with Gasteiger partial charge in [0.15, 0.2) is 5.13 Å². The highest BCUT2D eigenvalue weighted by Gasteiger charge is 2.16. The number of thiazole rings is 1. The van der Waals surface area contributed by atoms with E-state index in [2.05, 4.69) is 20.9 Å². The predicted molar refractivity (Wildman–Crippen MR) is 183 cm³/mol. The monoisotopic (exact) mass is 650 g/mol. The van der Waals surface area contributed by atoms with Crippen molar-refractivity contribution < 1.29 is 23.9 Å². The number of rotatable bonds is 12. The lowest BCUT2D eigenvalue weighted by Crippen LogP contribution is -2.30. The topological polar surface area (TPSA) is 119 Å². The highest BCUT2D eigenvalue weighted by atomic mass is 32.2. The van der Waals surface area contributed by atoms with Crippen molar-refractivity contribution in [1.29, 1.82) is 0 Å². The maximum atomic E-state index is 13.4. The van der Waals surface area contributed by atoms with Gasteiger partial charge >= 0.3 is 0 Å². The summed E-state index contributed by atoms with van der Waals surface area (Å²) in [6, 6.07) is 30.5. The first-order valence-electron chi connectivity index (χ1n) is 14.1. The van der Waals surface area contributed by atoms with Crippen molar-refractivity contribution in [2.45, 2.75) is 4.90 Å². The summed E-state index contributed by atoms with van der Waals surface area (Å²) >= 11 is 2.67. The summed E-state index contributed by atoms with van der Waals surface area (Å²) in [4.78, 5) is 44.4. The van der Waals surface area contributed by atoms with Gasteiger partial charge in [-0.1, -0.05) is 36.4 Å². The highest BCUT2D eigenvalue weighted by molar-refractivity contribution is 8.00. The summed E-state index contributed by atoms with van der Waals surface area (Å²) in [5.41, 5.74) is 3.33. The number of anilines is 2. The van der Waals surface area contributed by atoms with Gasteiger partial charge in [0.2, 0.25) is 5.91 Å². The molecule has 5 rings (SSSR count). The zero-order chi connectivity index (χ0) is 32.3. The minimum atomic E-state index is -0.511. The molecule has 0 saturated heterocycles. The third kappa shape index (κ3) is 8.84. The first kappa shape index (κ1) is 32.0. The van der Waals surface area contributed by atoms with Crippen molar-refractivity contribution in [2.75, 3.05) is 30.6 Å². The molecule has 0 spiro atoms. The maximum absolute atomic E-state index is 13.4. The standard InChI is InChI=1S/C35H30N4O5S2/c1-43-27-16-14-24(15-17-27)31-21-46-35(38-31)39-32(40)22-45-29-13-7-11-26(20-29)36-34(42)30(19-23-8-6-12-28(18-23)44-2)37-33(41)25-9-4-3-5-10-25/h3-21H,22H2,1-2H3,(H,36,42)(H,37,41)(H,38,39,40)/b30-19-. The van der Waals surface area contributed by atoms with E-state index in [9.17, 15) is 14.4 Å². The van der Waals surface area contributed by atoms with E-state index in [1.165, 1.54) is 23.1 Å². The molecule has 0 aliphatic rings. The number of carbonyl (C=O) groups is 3. The summed E-state index contributed by atoms with van der Waals surface area (Å²) in [6.45, 7) is 0. The van der Waals surface area contributed by atoms with Crippen LogP contribution in [0.2, 0.25) is 0 Å². The van der Waals surface area contributed by atoms with E-state index < -0.39 is 11.8 Å². The van der Waals surface area contributed by atoms with Crippen LogP contribution in [0.15, 0.2) is 119 Å². The number of nitrogens with zero attached hydrogens (tertiary/aromatic N) is 1. The van der Waals surface area contributed by atoms with Crippen LogP contribution in [0.5, 0.6) is 11.5 Å². The van der Waals surface area contributed by atoms with Crippen LogP contribution in [0.25, 0.3) is 17.3 Å². The third-order valence-electron chi connectivity index (χ3n) is 6.53. The number of carbonyl (C=O) groups excluding carboxylic acids is 3. The van der Waals surface area contributed by atoms with Crippen molar-refractivity contribution in [3.05, 3.63) is 125 Å². The molecule has 1 heterocycles. The van der Waals surface area contributed by atoms with Gasteiger partial charge in [0.1, 0.15) is 17.2 Å². The lowest BCUT2D eigenvalue weighted by atomic mass is 10.1.